The predicted octanol–water partition coefficient (Wildman–Crippen LogP) is 0.480. The molecule has 0 saturated carbocycles. The van der Waals surface area contributed by atoms with Crippen LogP contribution in [-0.2, 0) is 16.0 Å². The Morgan fingerprint density at radius 3 is 2.21 bits per heavy atom. The Hall–Kier alpha value is -0.840. The van der Waals surface area contributed by atoms with Gasteiger partial charge in [-0.25, -0.2) is 0 Å². The molecule has 0 aromatic carbocycles. The predicted molar refractivity (Wildman–Crippen MR) is 55.1 cm³/mol. The lowest BCUT2D eigenvalue weighted by molar-refractivity contribution is 0.0477. The van der Waals surface area contributed by atoms with Crippen molar-refractivity contribution in [1.29, 1.82) is 0 Å². The molecule has 4 nitrogen and oxygen atoms in total. The van der Waals surface area contributed by atoms with Crippen molar-refractivity contribution in [1.82, 2.24) is 4.57 Å². The van der Waals surface area contributed by atoms with Crippen LogP contribution in [0.4, 0.5) is 0 Å². The van der Waals surface area contributed by atoms with Crippen molar-refractivity contribution >= 4 is 0 Å². The van der Waals surface area contributed by atoms with Crippen molar-refractivity contribution in [3.05, 3.63) is 24.5 Å². The second-order valence-electron chi connectivity index (χ2n) is 2.93. The summed E-state index contributed by atoms with van der Waals surface area (Å²) in [5.41, 5.74) is 5.26. The van der Waals surface area contributed by atoms with E-state index in [-0.39, 0.29) is 0 Å². The quantitative estimate of drug-likeness (QED) is 0.618. The van der Waals surface area contributed by atoms with Gasteiger partial charge in [0.25, 0.3) is 0 Å². The minimum Gasteiger partial charge on any atom is -0.378 e. The molecule has 0 spiro atoms. The fourth-order valence-electron chi connectivity index (χ4n) is 1.09. The average Bonchev–Trinajstić information content (AvgIpc) is 2.69. The van der Waals surface area contributed by atoms with Crippen LogP contribution in [0, 0.1) is 0 Å². The maximum Gasteiger partial charge on any atom is 0.0701 e. The number of nitrogens with zero attached hydrogens (tertiary/aromatic N) is 1. The summed E-state index contributed by atoms with van der Waals surface area (Å²) in [6.07, 6.45) is 4.04. The van der Waals surface area contributed by atoms with Gasteiger partial charge in [0.1, 0.15) is 0 Å². The third-order valence-electron chi connectivity index (χ3n) is 1.79. The van der Waals surface area contributed by atoms with Crippen molar-refractivity contribution in [2.45, 2.75) is 6.54 Å². The molecular formula is C10H18N2O2. The first kappa shape index (κ1) is 11.2. The molecule has 1 aromatic rings. The van der Waals surface area contributed by atoms with Crippen molar-refractivity contribution < 1.29 is 9.47 Å². The molecule has 80 valence electrons. The molecule has 1 rings (SSSR count). The summed E-state index contributed by atoms with van der Waals surface area (Å²) in [5.74, 6) is 0. The Labute approximate surface area is 84.6 Å². The zero-order chi connectivity index (χ0) is 10.1. The minimum absolute atomic E-state index is 0.573. The first-order valence-electron chi connectivity index (χ1n) is 4.90. The van der Waals surface area contributed by atoms with Crippen LogP contribution >= 0.6 is 0 Å². The molecule has 1 heterocycles. The van der Waals surface area contributed by atoms with Crippen molar-refractivity contribution in [2.24, 2.45) is 5.73 Å². The van der Waals surface area contributed by atoms with E-state index in [9.17, 15) is 0 Å². The lowest BCUT2D eigenvalue weighted by Gasteiger charge is -2.05. The van der Waals surface area contributed by atoms with Crippen LogP contribution in [-0.4, -0.2) is 37.5 Å². The Kier molecular flexibility index (Phi) is 6.06. The van der Waals surface area contributed by atoms with Crippen molar-refractivity contribution in [3.63, 3.8) is 0 Å². The maximum atomic E-state index is 5.37. The van der Waals surface area contributed by atoms with Gasteiger partial charge >= 0.3 is 0 Å². The fraction of sp³-hybridized carbons (Fsp3) is 0.600. The fourth-order valence-corrected chi connectivity index (χ4v) is 1.09. The molecule has 0 radical (unpaired) electrons. The molecular weight excluding hydrogens is 180 g/mol. The Bertz CT molecular complexity index is 212. The molecule has 4 heteroatoms. The summed E-state index contributed by atoms with van der Waals surface area (Å²) in [6.45, 7) is 4.07. The number of rotatable bonds is 8. The van der Waals surface area contributed by atoms with Gasteiger partial charge in [-0.1, -0.05) is 0 Å². The van der Waals surface area contributed by atoms with E-state index in [4.69, 9.17) is 15.2 Å². The van der Waals surface area contributed by atoms with Gasteiger partial charge in [0.15, 0.2) is 0 Å². The third-order valence-corrected chi connectivity index (χ3v) is 1.79. The molecule has 2 N–H and O–H groups in total. The van der Waals surface area contributed by atoms with Crippen molar-refractivity contribution in [2.75, 3.05) is 33.0 Å². The van der Waals surface area contributed by atoms with E-state index in [1.54, 1.807) is 0 Å². The number of nitrogens with two attached hydrogens (primary N) is 1. The van der Waals surface area contributed by atoms with Gasteiger partial charge < -0.3 is 19.8 Å². The SMILES string of the molecule is NCCOCCOCCn1cccc1. The number of aromatic nitrogens is 1. The first-order valence-corrected chi connectivity index (χ1v) is 4.90. The van der Waals surface area contributed by atoms with Crippen LogP contribution < -0.4 is 5.73 Å². The van der Waals surface area contributed by atoms with Gasteiger partial charge in [-0.15, -0.1) is 0 Å². The lowest BCUT2D eigenvalue weighted by Crippen LogP contribution is -2.13. The Morgan fingerprint density at radius 2 is 1.57 bits per heavy atom. The normalized spacial score (nSPS) is 10.6. The van der Waals surface area contributed by atoms with Crippen LogP contribution in [0.5, 0.6) is 0 Å². The van der Waals surface area contributed by atoms with E-state index < -0.39 is 0 Å². The molecule has 0 bridgehead atoms. The number of hydrogen-bond donors (Lipinski definition) is 1. The maximum absolute atomic E-state index is 5.37. The monoisotopic (exact) mass is 198 g/mol. The van der Waals surface area contributed by atoms with Crippen LogP contribution in [0.3, 0.4) is 0 Å². The van der Waals surface area contributed by atoms with Crippen LogP contribution in [0.15, 0.2) is 24.5 Å². The van der Waals surface area contributed by atoms with Crippen LogP contribution in [0.2, 0.25) is 0 Å². The average molecular weight is 198 g/mol. The summed E-state index contributed by atoms with van der Waals surface area (Å²) in [4.78, 5) is 0. The summed E-state index contributed by atoms with van der Waals surface area (Å²) < 4.78 is 12.6. The van der Waals surface area contributed by atoms with Crippen LogP contribution in [0.1, 0.15) is 0 Å². The van der Waals surface area contributed by atoms with Gasteiger partial charge in [0.2, 0.25) is 0 Å². The molecule has 0 fully saturated rings. The third kappa shape index (κ3) is 5.01. The number of ether oxygens (including phenoxy) is 2. The van der Waals surface area contributed by atoms with Gasteiger partial charge in [-0.2, -0.15) is 0 Å². The lowest BCUT2D eigenvalue weighted by atomic mass is 10.6. The van der Waals surface area contributed by atoms with E-state index in [2.05, 4.69) is 4.57 Å². The van der Waals surface area contributed by atoms with Gasteiger partial charge in [-0.3, -0.25) is 0 Å². The second-order valence-corrected chi connectivity index (χ2v) is 2.93. The highest BCUT2D eigenvalue weighted by Crippen LogP contribution is 1.89. The molecule has 0 amide bonds. The van der Waals surface area contributed by atoms with Crippen molar-refractivity contribution in [3.8, 4) is 0 Å². The summed E-state index contributed by atoms with van der Waals surface area (Å²) >= 11 is 0. The summed E-state index contributed by atoms with van der Waals surface area (Å²) in [7, 11) is 0. The van der Waals surface area contributed by atoms with Gasteiger partial charge in [0.05, 0.1) is 26.4 Å². The highest BCUT2D eigenvalue weighted by molar-refractivity contribution is 4.89. The van der Waals surface area contributed by atoms with E-state index in [1.807, 2.05) is 24.5 Å². The zero-order valence-electron chi connectivity index (χ0n) is 8.39. The molecule has 0 aliphatic rings. The first-order chi connectivity index (χ1) is 6.93. The second kappa shape index (κ2) is 7.55. The van der Waals surface area contributed by atoms with E-state index in [0.717, 1.165) is 13.2 Å². The minimum atomic E-state index is 0.573. The molecule has 1 aromatic heterocycles. The van der Waals surface area contributed by atoms with Crippen LogP contribution in [0.25, 0.3) is 0 Å². The molecule has 0 aliphatic heterocycles. The summed E-state index contributed by atoms with van der Waals surface area (Å²) in [5, 5.41) is 0. The molecule has 0 unspecified atom stereocenters. The smallest absolute Gasteiger partial charge is 0.0701 e. The number of hydrogen-bond acceptors (Lipinski definition) is 3. The molecule has 0 aliphatic carbocycles. The largest absolute Gasteiger partial charge is 0.378 e. The Morgan fingerprint density at radius 1 is 0.929 bits per heavy atom. The van der Waals surface area contributed by atoms with Gasteiger partial charge in [0, 0.05) is 25.5 Å². The molecule has 0 saturated heterocycles. The topological polar surface area (TPSA) is 49.4 Å². The molecule has 0 atom stereocenters. The highest BCUT2D eigenvalue weighted by atomic mass is 16.5. The van der Waals surface area contributed by atoms with E-state index in [0.29, 0.717) is 26.4 Å². The summed E-state index contributed by atoms with van der Waals surface area (Å²) in [6, 6.07) is 4.01. The highest BCUT2D eigenvalue weighted by Gasteiger charge is 1.90. The standard InChI is InChI=1S/C10H18N2O2/c11-3-7-13-9-10-14-8-6-12-4-1-2-5-12/h1-2,4-5H,3,6-11H2. The van der Waals surface area contributed by atoms with E-state index >= 15 is 0 Å². The zero-order valence-corrected chi connectivity index (χ0v) is 8.39. The van der Waals surface area contributed by atoms with E-state index in [1.165, 1.54) is 0 Å². The molecule has 14 heavy (non-hydrogen) atoms. The Balaban J connectivity index is 1.85. The van der Waals surface area contributed by atoms with Gasteiger partial charge in [-0.05, 0) is 12.1 Å².